The molecule has 0 aromatic rings. The van der Waals surface area contributed by atoms with Crippen molar-refractivity contribution < 1.29 is 0 Å². The molecule has 0 radical (unpaired) electrons. The molecule has 13 heavy (non-hydrogen) atoms. The molecule has 3 atom stereocenters. The van der Waals surface area contributed by atoms with Crippen molar-refractivity contribution in [3.63, 3.8) is 0 Å². The largest absolute Gasteiger partial charge is 0.330 e. The van der Waals surface area contributed by atoms with Crippen LogP contribution in [0.25, 0.3) is 0 Å². The Morgan fingerprint density at radius 1 is 1.15 bits per heavy atom. The Hall–Kier alpha value is -0.0151. The van der Waals surface area contributed by atoms with Crippen molar-refractivity contribution in [3.05, 3.63) is 0 Å². The van der Waals surface area contributed by atoms with Crippen LogP contribution in [-0.4, -0.2) is 19.3 Å². The van der Waals surface area contributed by atoms with Crippen LogP contribution < -0.4 is 11.5 Å². The third-order valence-electron chi connectivity index (χ3n) is 3.08. The zero-order chi connectivity index (χ0) is 9.84. The first-order chi connectivity index (χ1) is 6.11. The molecule has 0 aromatic heterocycles. The predicted molar refractivity (Wildman–Crippen MR) is 60.1 cm³/mol. The average molecular weight is 182 g/mol. The van der Waals surface area contributed by atoms with Gasteiger partial charge in [0.05, 0.1) is 0 Å². The molecule has 0 aliphatic heterocycles. The normalized spacial score (nSPS) is 34.6. The highest BCUT2D eigenvalue weighted by Crippen LogP contribution is 2.31. The fourth-order valence-electron chi connectivity index (χ4n) is 2.67. The summed E-state index contributed by atoms with van der Waals surface area (Å²) in [5.41, 5.74) is 11.7. The molecule has 0 amide bonds. The van der Waals surface area contributed by atoms with Gasteiger partial charge in [-0.05, 0) is 37.6 Å². The lowest BCUT2D eigenvalue weighted by molar-refractivity contribution is 0.258. The molecule has 4 N–H and O–H groups in total. The minimum atomic E-state index is 0.408. The van der Waals surface area contributed by atoms with E-state index in [-0.39, 0.29) is 0 Å². The molecule has 0 aromatic carbocycles. The number of hydrogen-bond acceptors (Lipinski definition) is 2. The maximum atomic E-state index is 6.01. The SMILES string of the molecule is CB(C)CC1CC(N)CC(CN)C1. The molecule has 3 heteroatoms. The van der Waals surface area contributed by atoms with Gasteiger partial charge in [0.2, 0.25) is 0 Å². The molecule has 3 unspecified atom stereocenters. The lowest BCUT2D eigenvalue weighted by Crippen LogP contribution is -2.36. The monoisotopic (exact) mass is 182 g/mol. The van der Waals surface area contributed by atoms with Gasteiger partial charge >= 0.3 is 0 Å². The number of hydrogen-bond donors (Lipinski definition) is 2. The highest BCUT2D eigenvalue weighted by atomic mass is 14.7. The van der Waals surface area contributed by atoms with Gasteiger partial charge < -0.3 is 11.5 Å². The molecule has 1 aliphatic carbocycles. The molecular formula is C10H23BN2. The van der Waals surface area contributed by atoms with Crippen LogP contribution in [0, 0.1) is 11.8 Å². The summed E-state index contributed by atoms with van der Waals surface area (Å²) in [5, 5.41) is 0. The van der Waals surface area contributed by atoms with Gasteiger partial charge in [-0.2, -0.15) is 0 Å². The summed E-state index contributed by atoms with van der Waals surface area (Å²) in [6.45, 7) is 6.20. The Labute approximate surface area is 82.5 Å². The second-order valence-electron chi connectivity index (χ2n) is 5.06. The second-order valence-corrected chi connectivity index (χ2v) is 5.06. The molecule has 0 saturated heterocycles. The van der Waals surface area contributed by atoms with E-state index in [9.17, 15) is 0 Å². The molecule has 1 rings (SSSR count). The minimum Gasteiger partial charge on any atom is -0.330 e. The van der Waals surface area contributed by atoms with Crippen molar-refractivity contribution in [3.8, 4) is 0 Å². The molecule has 1 aliphatic rings. The highest BCUT2D eigenvalue weighted by Gasteiger charge is 2.26. The highest BCUT2D eigenvalue weighted by molar-refractivity contribution is 6.55. The van der Waals surface area contributed by atoms with Crippen molar-refractivity contribution in [2.24, 2.45) is 23.3 Å². The number of nitrogens with two attached hydrogens (primary N) is 2. The molecule has 1 fully saturated rings. The van der Waals surface area contributed by atoms with E-state index in [2.05, 4.69) is 13.6 Å². The van der Waals surface area contributed by atoms with Gasteiger partial charge in [-0.25, -0.2) is 0 Å². The van der Waals surface area contributed by atoms with E-state index < -0.39 is 0 Å². The van der Waals surface area contributed by atoms with Crippen molar-refractivity contribution >= 4 is 6.71 Å². The van der Waals surface area contributed by atoms with Gasteiger partial charge in [0.1, 0.15) is 6.71 Å². The van der Waals surface area contributed by atoms with Crippen LogP contribution in [0.3, 0.4) is 0 Å². The smallest absolute Gasteiger partial charge is 0.133 e. The van der Waals surface area contributed by atoms with Gasteiger partial charge in [0.15, 0.2) is 0 Å². The molecule has 0 heterocycles. The Morgan fingerprint density at radius 3 is 2.31 bits per heavy atom. The van der Waals surface area contributed by atoms with E-state index in [1.165, 1.54) is 19.2 Å². The van der Waals surface area contributed by atoms with Crippen LogP contribution in [-0.2, 0) is 0 Å². The third-order valence-corrected chi connectivity index (χ3v) is 3.08. The maximum Gasteiger partial charge on any atom is 0.133 e. The standard InChI is InChI=1S/C10H23BN2/c1-11(2)6-8-3-9(7-12)5-10(13)4-8/h8-10H,3-7,12-13H2,1-2H3. The summed E-state index contributed by atoms with van der Waals surface area (Å²) in [4.78, 5) is 0. The first-order valence-electron chi connectivity index (χ1n) is 5.57. The molecule has 1 saturated carbocycles. The zero-order valence-corrected chi connectivity index (χ0v) is 9.00. The maximum absolute atomic E-state index is 6.01. The summed E-state index contributed by atoms with van der Waals surface area (Å²) in [7, 11) is 0. The number of rotatable bonds is 3. The quantitative estimate of drug-likeness (QED) is 0.649. The summed E-state index contributed by atoms with van der Waals surface area (Å²) in [6.07, 6.45) is 4.99. The average Bonchev–Trinajstić information content (AvgIpc) is 2.01. The first-order valence-corrected chi connectivity index (χ1v) is 5.57. The van der Waals surface area contributed by atoms with Gasteiger partial charge in [-0.3, -0.25) is 0 Å². The molecule has 2 nitrogen and oxygen atoms in total. The van der Waals surface area contributed by atoms with E-state index in [1.54, 1.807) is 0 Å². The van der Waals surface area contributed by atoms with E-state index in [4.69, 9.17) is 11.5 Å². The summed E-state index contributed by atoms with van der Waals surface area (Å²) >= 11 is 0. The Bertz CT molecular complexity index is 148. The van der Waals surface area contributed by atoms with Gasteiger partial charge in [-0.15, -0.1) is 0 Å². The predicted octanol–water partition coefficient (Wildman–Crippen LogP) is 1.44. The Kier molecular flexibility index (Phi) is 4.27. The van der Waals surface area contributed by atoms with Gasteiger partial charge in [0, 0.05) is 6.04 Å². The first kappa shape index (κ1) is 11.1. The molecule has 76 valence electrons. The van der Waals surface area contributed by atoms with E-state index in [1.807, 2.05) is 0 Å². The van der Waals surface area contributed by atoms with E-state index >= 15 is 0 Å². The lowest BCUT2D eigenvalue weighted by Gasteiger charge is -2.33. The van der Waals surface area contributed by atoms with Crippen molar-refractivity contribution in [1.82, 2.24) is 0 Å². The molecular weight excluding hydrogens is 159 g/mol. The fraction of sp³-hybridized carbons (Fsp3) is 1.00. The summed E-state index contributed by atoms with van der Waals surface area (Å²) in [6, 6.07) is 0.408. The molecule has 0 spiro atoms. The van der Waals surface area contributed by atoms with Crippen LogP contribution in [0.15, 0.2) is 0 Å². The van der Waals surface area contributed by atoms with Crippen LogP contribution in [0.4, 0.5) is 0 Å². The summed E-state index contributed by atoms with van der Waals surface area (Å²) in [5.74, 6) is 1.52. The molecule has 0 bridgehead atoms. The van der Waals surface area contributed by atoms with Crippen molar-refractivity contribution in [1.29, 1.82) is 0 Å². The Balaban J connectivity index is 2.37. The van der Waals surface area contributed by atoms with Crippen molar-refractivity contribution in [2.75, 3.05) is 6.54 Å². The van der Waals surface area contributed by atoms with Crippen LogP contribution >= 0.6 is 0 Å². The fourth-order valence-corrected chi connectivity index (χ4v) is 2.67. The third kappa shape index (κ3) is 3.69. The van der Waals surface area contributed by atoms with E-state index in [0.29, 0.717) is 12.0 Å². The Morgan fingerprint density at radius 2 is 1.77 bits per heavy atom. The van der Waals surface area contributed by atoms with Gasteiger partial charge in [0.25, 0.3) is 0 Å². The van der Waals surface area contributed by atoms with Crippen LogP contribution in [0.2, 0.25) is 20.0 Å². The van der Waals surface area contributed by atoms with Crippen molar-refractivity contribution in [2.45, 2.75) is 45.3 Å². The second kappa shape index (κ2) is 5.01. The zero-order valence-electron chi connectivity index (χ0n) is 9.00. The van der Waals surface area contributed by atoms with Gasteiger partial charge in [-0.1, -0.05) is 20.0 Å². The summed E-state index contributed by atoms with van der Waals surface area (Å²) < 4.78 is 0. The van der Waals surface area contributed by atoms with Crippen LogP contribution in [0.1, 0.15) is 19.3 Å². The van der Waals surface area contributed by atoms with E-state index in [0.717, 1.165) is 25.6 Å². The lowest BCUT2D eigenvalue weighted by atomic mass is 9.48. The van der Waals surface area contributed by atoms with Crippen LogP contribution in [0.5, 0.6) is 0 Å². The minimum absolute atomic E-state index is 0.408. The topological polar surface area (TPSA) is 52.0 Å².